The van der Waals surface area contributed by atoms with Crippen LogP contribution in [0, 0.1) is 0 Å². The Balaban J connectivity index is 2.21. The van der Waals surface area contributed by atoms with Crippen molar-refractivity contribution < 1.29 is 27.1 Å². The molecule has 1 heterocycles. The Kier molecular flexibility index (Phi) is 4.77. The van der Waals surface area contributed by atoms with Gasteiger partial charge in [0, 0.05) is 5.56 Å². The second-order valence-corrected chi connectivity index (χ2v) is 7.12. The van der Waals surface area contributed by atoms with E-state index in [0.29, 0.717) is 0 Å². The molecule has 0 aliphatic rings. The summed E-state index contributed by atoms with van der Waals surface area (Å²) in [6.07, 6.45) is -2.87. The maximum atomic E-state index is 13.2. The maximum absolute atomic E-state index is 13.2. The van der Waals surface area contributed by atoms with Crippen LogP contribution in [0.1, 0.15) is 22.5 Å². The van der Waals surface area contributed by atoms with E-state index in [9.17, 15) is 27.1 Å². The van der Waals surface area contributed by atoms with Crippen LogP contribution in [0.3, 0.4) is 0 Å². The molecule has 0 spiro atoms. The van der Waals surface area contributed by atoms with Crippen LogP contribution in [0.5, 0.6) is 0 Å². The van der Waals surface area contributed by atoms with Crippen molar-refractivity contribution in [2.75, 3.05) is 0 Å². The van der Waals surface area contributed by atoms with Crippen LogP contribution in [0.15, 0.2) is 59.5 Å². The van der Waals surface area contributed by atoms with Gasteiger partial charge in [-0.05, 0) is 36.4 Å². The lowest BCUT2D eigenvalue weighted by Gasteiger charge is -2.10. The van der Waals surface area contributed by atoms with Crippen LogP contribution >= 0.6 is 0 Å². The molecule has 0 amide bonds. The van der Waals surface area contributed by atoms with Crippen molar-refractivity contribution in [3.05, 3.63) is 65.9 Å². The Morgan fingerprint density at radius 1 is 1.11 bits per heavy atom. The molecule has 0 aliphatic heterocycles. The van der Waals surface area contributed by atoms with Crippen LogP contribution < -0.4 is 5.14 Å². The maximum Gasteiger partial charge on any atom is 0.336 e. The fraction of sp³-hybridized carbons (Fsp3) is 0.0588. The van der Waals surface area contributed by atoms with Crippen molar-refractivity contribution in [2.45, 2.75) is 11.3 Å². The van der Waals surface area contributed by atoms with Crippen molar-refractivity contribution in [2.24, 2.45) is 5.14 Å². The number of alkyl halides is 2. The Hall–Kier alpha value is -3.11. The van der Waals surface area contributed by atoms with Gasteiger partial charge in [0.15, 0.2) is 0 Å². The summed E-state index contributed by atoms with van der Waals surface area (Å²) in [5.74, 6) is -1.22. The quantitative estimate of drug-likeness (QED) is 0.692. The van der Waals surface area contributed by atoms with Crippen molar-refractivity contribution >= 4 is 16.0 Å². The normalized spacial score (nSPS) is 11.7. The number of nitrogens with zero attached hydrogens (tertiary/aromatic N) is 2. The first-order chi connectivity index (χ1) is 12.7. The van der Waals surface area contributed by atoms with Crippen LogP contribution in [0.2, 0.25) is 0 Å². The number of nitrogens with two attached hydrogens (primary N) is 1. The van der Waals surface area contributed by atoms with Crippen LogP contribution in [0.25, 0.3) is 16.9 Å². The molecule has 0 saturated heterocycles. The van der Waals surface area contributed by atoms with Crippen LogP contribution in [0.4, 0.5) is 8.78 Å². The number of benzene rings is 2. The first kappa shape index (κ1) is 18.7. The summed E-state index contributed by atoms with van der Waals surface area (Å²) in [6, 6.07) is 12.1. The molecule has 2 aromatic carbocycles. The fourth-order valence-corrected chi connectivity index (χ4v) is 3.08. The molecule has 7 nitrogen and oxygen atoms in total. The first-order valence-corrected chi connectivity index (χ1v) is 9.07. The van der Waals surface area contributed by atoms with Gasteiger partial charge in [-0.15, -0.1) is 0 Å². The van der Waals surface area contributed by atoms with E-state index in [1.165, 1.54) is 42.5 Å². The minimum Gasteiger partial charge on any atom is -0.478 e. The number of rotatable bonds is 5. The van der Waals surface area contributed by atoms with E-state index >= 15 is 0 Å². The highest BCUT2D eigenvalue weighted by Crippen LogP contribution is 2.30. The minimum absolute atomic E-state index is 0.0828. The van der Waals surface area contributed by atoms with E-state index in [0.717, 1.165) is 10.7 Å². The number of hydrogen-bond donors (Lipinski definition) is 2. The summed E-state index contributed by atoms with van der Waals surface area (Å²) in [7, 11) is -3.92. The Bertz CT molecular complexity index is 1110. The molecule has 0 bridgehead atoms. The number of sulfonamides is 1. The van der Waals surface area contributed by atoms with Crippen molar-refractivity contribution in [1.82, 2.24) is 9.78 Å². The summed E-state index contributed by atoms with van der Waals surface area (Å²) in [5.41, 5.74) is -0.0302. The molecule has 10 heteroatoms. The standard InChI is InChI=1S/C17H13F2N3O4S/c18-16(19)14-9-15(12-3-1-2-4-13(12)17(23)24)22(21-14)10-5-7-11(8-6-10)27(20,25)26/h1-9,16H,(H,23,24)(H2,20,25,26). The van der Waals surface area contributed by atoms with Gasteiger partial charge in [-0.3, -0.25) is 0 Å². The molecule has 1 aromatic heterocycles. The molecule has 0 saturated carbocycles. The number of aromatic nitrogens is 2. The molecule has 140 valence electrons. The average molecular weight is 393 g/mol. The van der Waals surface area contributed by atoms with E-state index in [-0.39, 0.29) is 27.4 Å². The van der Waals surface area contributed by atoms with E-state index in [1.54, 1.807) is 6.07 Å². The van der Waals surface area contributed by atoms with Gasteiger partial charge in [0.1, 0.15) is 5.69 Å². The summed E-state index contributed by atoms with van der Waals surface area (Å²) in [4.78, 5) is 11.3. The lowest BCUT2D eigenvalue weighted by molar-refractivity contribution is 0.0697. The number of aromatic carboxylic acids is 1. The van der Waals surface area contributed by atoms with E-state index in [4.69, 9.17) is 5.14 Å². The third kappa shape index (κ3) is 3.71. The molecule has 0 radical (unpaired) electrons. The zero-order valence-corrected chi connectivity index (χ0v) is 14.4. The van der Waals surface area contributed by atoms with E-state index in [1.807, 2.05) is 0 Å². The fourth-order valence-electron chi connectivity index (χ4n) is 2.56. The summed E-state index contributed by atoms with van der Waals surface area (Å²) < 4.78 is 50.2. The zero-order valence-electron chi connectivity index (χ0n) is 13.6. The number of carboxylic acids is 1. The lowest BCUT2D eigenvalue weighted by Crippen LogP contribution is -2.12. The average Bonchev–Trinajstić information content (AvgIpc) is 3.06. The van der Waals surface area contributed by atoms with Crippen LogP contribution in [-0.4, -0.2) is 29.3 Å². The summed E-state index contributed by atoms with van der Waals surface area (Å²) in [6.45, 7) is 0. The van der Waals surface area contributed by atoms with Gasteiger partial charge < -0.3 is 5.11 Å². The number of carboxylic acid groups (broad SMARTS) is 1. The predicted octanol–water partition coefficient (Wildman–Crippen LogP) is 2.82. The molecule has 27 heavy (non-hydrogen) atoms. The van der Waals surface area contributed by atoms with E-state index in [2.05, 4.69) is 5.10 Å². The Morgan fingerprint density at radius 3 is 2.30 bits per heavy atom. The van der Waals surface area contributed by atoms with Gasteiger partial charge in [-0.25, -0.2) is 31.8 Å². The SMILES string of the molecule is NS(=O)(=O)c1ccc(-n2nc(C(F)F)cc2-c2ccccc2C(=O)O)cc1. The Morgan fingerprint density at radius 2 is 1.74 bits per heavy atom. The van der Waals surface area contributed by atoms with Gasteiger partial charge in [0.25, 0.3) is 6.43 Å². The Labute approximate surface area is 152 Å². The molecule has 3 rings (SSSR count). The highest BCUT2D eigenvalue weighted by atomic mass is 32.2. The van der Waals surface area contributed by atoms with Crippen molar-refractivity contribution in [3.8, 4) is 16.9 Å². The topological polar surface area (TPSA) is 115 Å². The number of carbonyl (C=O) groups is 1. The molecule has 0 aliphatic carbocycles. The lowest BCUT2D eigenvalue weighted by atomic mass is 10.0. The predicted molar refractivity (Wildman–Crippen MR) is 92.3 cm³/mol. The zero-order chi connectivity index (χ0) is 19.8. The van der Waals surface area contributed by atoms with Crippen molar-refractivity contribution in [3.63, 3.8) is 0 Å². The summed E-state index contributed by atoms with van der Waals surface area (Å²) >= 11 is 0. The smallest absolute Gasteiger partial charge is 0.336 e. The molecule has 0 fully saturated rings. The molecule has 3 aromatic rings. The van der Waals surface area contributed by atoms with Gasteiger partial charge in [-0.1, -0.05) is 18.2 Å². The monoisotopic (exact) mass is 393 g/mol. The minimum atomic E-state index is -3.92. The number of primary sulfonamides is 1. The second kappa shape index (κ2) is 6.89. The first-order valence-electron chi connectivity index (χ1n) is 7.52. The third-order valence-electron chi connectivity index (χ3n) is 3.80. The van der Waals surface area contributed by atoms with Gasteiger partial charge >= 0.3 is 5.97 Å². The molecular formula is C17H13F2N3O4S. The molecular weight excluding hydrogens is 380 g/mol. The number of halogens is 2. The number of hydrogen-bond acceptors (Lipinski definition) is 4. The third-order valence-corrected chi connectivity index (χ3v) is 4.72. The van der Waals surface area contributed by atoms with Gasteiger partial charge in [-0.2, -0.15) is 5.10 Å². The highest BCUT2D eigenvalue weighted by Gasteiger charge is 2.21. The molecule has 3 N–H and O–H groups in total. The van der Waals surface area contributed by atoms with E-state index < -0.39 is 28.1 Å². The van der Waals surface area contributed by atoms with Gasteiger partial charge in [0.2, 0.25) is 10.0 Å². The molecule has 0 unspecified atom stereocenters. The summed E-state index contributed by atoms with van der Waals surface area (Å²) in [5, 5.41) is 18.3. The second-order valence-electron chi connectivity index (χ2n) is 5.56. The van der Waals surface area contributed by atoms with Crippen molar-refractivity contribution in [1.29, 1.82) is 0 Å². The van der Waals surface area contributed by atoms with Crippen LogP contribution in [-0.2, 0) is 10.0 Å². The largest absolute Gasteiger partial charge is 0.478 e. The van der Waals surface area contributed by atoms with Gasteiger partial charge in [0.05, 0.1) is 21.8 Å². The molecule has 0 atom stereocenters. The highest BCUT2D eigenvalue weighted by molar-refractivity contribution is 7.89.